The van der Waals surface area contributed by atoms with E-state index in [-0.39, 0.29) is 11.8 Å². The fourth-order valence-corrected chi connectivity index (χ4v) is 3.66. The van der Waals surface area contributed by atoms with E-state index in [1.54, 1.807) is 0 Å². The Kier molecular flexibility index (Phi) is 6.11. The Balaban J connectivity index is 1.85. The summed E-state index contributed by atoms with van der Waals surface area (Å²) in [5, 5.41) is 8.17. The Bertz CT molecular complexity index is 896. The van der Waals surface area contributed by atoms with Crippen LogP contribution in [0.25, 0.3) is 0 Å². The van der Waals surface area contributed by atoms with Crippen LogP contribution in [0.5, 0.6) is 0 Å². The molecule has 5 nitrogen and oxygen atoms in total. The Morgan fingerprint density at radius 2 is 1.85 bits per heavy atom. The molecule has 0 fully saturated rings. The van der Waals surface area contributed by atoms with E-state index in [2.05, 4.69) is 43.5 Å². The minimum Gasteiger partial charge on any atom is -0.325 e. The lowest BCUT2D eigenvalue weighted by atomic mass is 10.2. The molecule has 26 heavy (non-hydrogen) atoms. The van der Waals surface area contributed by atoms with Crippen LogP contribution in [0.15, 0.2) is 69.4 Å². The number of halogens is 1. The Hall–Kier alpha value is -2.12. The molecular formula is C19H19BrN4OS. The monoisotopic (exact) mass is 430 g/mol. The van der Waals surface area contributed by atoms with Gasteiger partial charge in [0, 0.05) is 10.8 Å². The van der Waals surface area contributed by atoms with Crippen molar-refractivity contribution in [2.24, 2.45) is 5.92 Å². The third kappa shape index (κ3) is 4.74. The van der Waals surface area contributed by atoms with Gasteiger partial charge in [-0.3, -0.25) is 4.79 Å². The van der Waals surface area contributed by atoms with Crippen molar-refractivity contribution in [3.63, 3.8) is 0 Å². The second kappa shape index (κ2) is 8.51. The van der Waals surface area contributed by atoms with E-state index in [0.29, 0.717) is 11.3 Å². The number of aromatic nitrogens is 3. The molecule has 1 N–H and O–H groups in total. The largest absolute Gasteiger partial charge is 0.325 e. The zero-order valence-electron chi connectivity index (χ0n) is 14.5. The number of hydrogen-bond donors (Lipinski definition) is 1. The van der Waals surface area contributed by atoms with Crippen LogP contribution in [0.2, 0.25) is 0 Å². The summed E-state index contributed by atoms with van der Waals surface area (Å²) in [6, 6.07) is 17.8. The van der Waals surface area contributed by atoms with Gasteiger partial charge in [0.25, 0.3) is 0 Å². The summed E-state index contributed by atoms with van der Waals surface area (Å²) in [4.78, 5) is 17.5. The number of benzene rings is 2. The Morgan fingerprint density at radius 3 is 2.58 bits per heavy atom. The molecular weight excluding hydrogens is 412 g/mol. The number of rotatable bonds is 6. The Morgan fingerprint density at radius 1 is 1.15 bits per heavy atom. The number of anilines is 1. The fraction of sp³-hybridized carbons (Fsp3) is 0.211. The molecule has 0 spiro atoms. The molecule has 0 bridgehead atoms. The van der Waals surface area contributed by atoms with E-state index in [1.165, 1.54) is 11.8 Å². The van der Waals surface area contributed by atoms with Crippen molar-refractivity contribution in [3.8, 4) is 0 Å². The van der Waals surface area contributed by atoms with Gasteiger partial charge in [0.2, 0.25) is 10.6 Å². The predicted octanol–water partition coefficient (Wildman–Crippen LogP) is 4.83. The molecule has 1 amide bonds. The maximum atomic E-state index is 12.1. The van der Waals surface area contributed by atoms with Gasteiger partial charge >= 0.3 is 0 Å². The molecule has 0 radical (unpaired) electrons. The predicted molar refractivity (Wildman–Crippen MR) is 107 cm³/mol. The van der Waals surface area contributed by atoms with Crippen molar-refractivity contribution in [3.05, 3.63) is 64.9 Å². The highest BCUT2D eigenvalue weighted by atomic mass is 79.9. The summed E-state index contributed by atoms with van der Waals surface area (Å²) in [5.74, 6) is -0.0890. The summed E-state index contributed by atoms with van der Waals surface area (Å²) < 4.78 is 2.39. The zero-order chi connectivity index (χ0) is 18.5. The van der Waals surface area contributed by atoms with Crippen LogP contribution < -0.4 is 5.32 Å². The minimum atomic E-state index is -0.0797. The standard InChI is InChI=1S/C19H19BrN4OS/c1-13(2)17(25)21-15-10-6-7-11-16(15)26-19-22-18(20)23-24(19)12-14-8-4-3-5-9-14/h3-11,13H,12H2,1-2H3,(H,21,25). The van der Waals surface area contributed by atoms with Crippen LogP contribution in [0, 0.1) is 5.92 Å². The van der Waals surface area contributed by atoms with E-state index in [1.807, 2.05) is 61.0 Å². The highest BCUT2D eigenvalue weighted by Gasteiger charge is 2.15. The first-order valence-corrected chi connectivity index (χ1v) is 9.86. The Labute approximate surface area is 165 Å². The normalized spacial score (nSPS) is 10.9. The molecule has 2 aromatic carbocycles. The van der Waals surface area contributed by atoms with Gasteiger partial charge in [-0.15, -0.1) is 5.10 Å². The second-order valence-electron chi connectivity index (χ2n) is 6.05. The second-order valence-corrected chi connectivity index (χ2v) is 7.77. The summed E-state index contributed by atoms with van der Waals surface area (Å²) in [6.07, 6.45) is 0. The summed E-state index contributed by atoms with van der Waals surface area (Å²) >= 11 is 4.84. The van der Waals surface area contributed by atoms with Gasteiger partial charge in [0.15, 0.2) is 5.16 Å². The molecule has 0 unspecified atom stereocenters. The smallest absolute Gasteiger partial charge is 0.226 e. The molecule has 0 atom stereocenters. The summed E-state index contributed by atoms with van der Waals surface area (Å²) in [7, 11) is 0. The minimum absolute atomic E-state index is 0.00928. The van der Waals surface area contributed by atoms with E-state index >= 15 is 0 Å². The number of hydrogen-bond acceptors (Lipinski definition) is 4. The zero-order valence-corrected chi connectivity index (χ0v) is 16.9. The lowest BCUT2D eigenvalue weighted by molar-refractivity contribution is -0.118. The maximum absolute atomic E-state index is 12.1. The topological polar surface area (TPSA) is 59.8 Å². The summed E-state index contributed by atoms with van der Waals surface area (Å²) in [5.41, 5.74) is 1.93. The molecule has 0 aliphatic heterocycles. The molecule has 0 aliphatic rings. The van der Waals surface area contributed by atoms with Gasteiger partial charge in [-0.05, 0) is 45.4 Å². The molecule has 3 aromatic rings. The van der Waals surface area contributed by atoms with Crippen LogP contribution in [-0.2, 0) is 11.3 Å². The fourth-order valence-electron chi connectivity index (χ4n) is 2.27. The summed E-state index contributed by atoms with van der Waals surface area (Å²) in [6.45, 7) is 4.37. The highest BCUT2D eigenvalue weighted by molar-refractivity contribution is 9.10. The van der Waals surface area contributed by atoms with Gasteiger partial charge in [-0.1, -0.05) is 56.3 Å². The van der Waals surface area contributed by atoms with Crippen LogP contribution >= 0.6 is 27.7 Å². The van der Waals surface area contributed by atoms with Crippen LogP contribution in [0.4, 0.5) is 5.69 Å². The number of para-hydroxylation sites is 1. The van der Waals surface area contributed by atoms with Gasteiger partial charge < -0.3 is 5.32 Å². The van der Waals surface area contributed by atoms with E-state index < -0.39 is 0 Å². The number of nitrogens with zero attached hydrogens (tertiary/aromatic N) is 3. The quantitative estimate of drug-likeness (QED) is 0.607. The van der Waals surface area contributed by atoms with Crippen molar-refractivity contribution >= 4 is 39.3 Å². The SMILES string of the molecule is CC(C)C(=O)Nc1ccccc1Sc1nc(Br)nn1Cc1ccccc1. The first kappa shape index (κ1) is 18.7. The van der Waals surface area contributed by atoms with E-state index in [4.69, 9.17) is 0 Å². The molecule has 1 heterocycles. The maximum Gasteiger partial charge on any atom is 0.226 e. The van der Waals surface area contributed by atoms with Gasteiger partial charge in [0.1, 0.15) is 0 Å². The first-order valence-electron chi connectivity index (χ1n) is 8.25. The third-order valence-corrected chi connectivity index (χ3v) is 5.05. The molecule has 0 saturated carbocycles. The molecule has 7 heteroatoms. The molecule has 3 rings (SSSR count). The lowest BCUT2D eigenvalue weighted by Crippen LogP contribution is -2.18. The third-order valence-electron chi connectivity index (χ3n) is 3.66. The molecule has 0 aliphatic carbocycles. The van der Waals surface area contributed by atoms with Gasteiger partial charge in [0.05, 0.1) is 12.2 Å². The van der Waals surface area contributed by atoms with Crippen molar-refractivity contribution in [2.45, 2.75) is 30.4 Å². The first-order chi connectivity index (χ1) is 12.5. The van der Waals surface area contributed by atoms with Crippen molar-refractivity contribution in [2.75, 3.05) is 5.32 Å². The van der Waals surface area contributed by atoms with Gasteiger partial charge in [-0.25, -0.2) is 4.68 Å². The van der Waals surface area contributed by atoms with Crippen molar-refractivity contribution < 1.29 is 4.79 Å². The number of carbonyl (C=O) groups is 1. The highest BCUT2D eigenvalue weighted by Crippen LogP contribution is 2.33. The van der Waals surface area contributed by atoms with Crippen molar-refractivity contribution in [1.82, 2.24) is 14.8 Å². The van der Waals surface area contributed by atoms with Crippen LogP contribution in [0.1, 0.15) is 19.4 Å². The number of carbonyl (C=O) groups excluding carboxylic acids is 1. The number of amides is 1. The molecule has 0 saturated heterocycles. The van der Waals surface area contributed by atoms with Crippen LogP contribution in [-0.4, -0.2) is 20.7 Å². The van der Waals surface area contributed by atoms with Gasteiger partial charge in [-0.2, -0.15) is 4.98 Å². The van der Waals surface area contributed by atoms with E-state index in [0.717, 1.165) is 21.3 Å². The van der Waals surface area contributed by atoms with Crippen LogP contribution in [0.3, 0.4) is 0 Å². The average molecular weight is 431 g/mol. The molecule has 134 valence electrons. The van der Waals surface area contributed by atoms with E-state index in [9.17, 15) is 4.79 Å². The number of nitrogens with one attached hydrogen (secondary N) is 1. The van der Waals surface area contributed by atoms with Crippen molar-refractivity contribution in [1.29, 1.82) is 0 Å². The lowest BCUT2D eigenvalue weighted by Gasteiger charge is -2.12. The average Bonchev–Trinajstić information content (AvgIpc) is 2.96. The molecule has 1 aromatic heterocycles.